The van der Waals surface area contributed by atoms with Crippen LogP contribution in [-0.4, -0.2) is 102 Å². The summed E-state index contributed by atoms with van der Waals surface area (Å²) in [4.78, 5) is 113. The first-order valence-electron chi connectivity index (χ1n) is 14.3. The third-order valence-electron chi connectivity index (χ3n) is 6.52. The molecule has 262 valence electrons. The maximum atomic E-state index is 13.1. The molecule has 2 heterocycles. The molecule has 0 spiro atoms. The number of aliphatic hydroxyl groups is 2. The number of carbonyl (C=O) groups excluding carboxylic acids is 3. The van der Waals surface area contributed by atoms with Crippen LogP contribution in [0.1, 0.15) is 26.2 Å². The van der Waals surface area contributed by atoms with Crippen molar-refractivity contribution in [3.63, 3.8) is 0 Å². The number of aliphatic hydroxyl groups excluding tert-OH is 2. The van der Waals surface area contributed by atoms with E-state index in [1.165, 1.54) is 14.0 Å². The number of rotatable bonds is 19. The predicted octanol–water partition coefficient (Wildman–Crippen LogP) is -5.19. The number of esters is 3. The number of hydrogen-bond acceptors (Lipinski definition) is 15. The van der Waals surface area contributed by atoms with Crippen molar-refractivity contribution in [2.75, 3.05) is 40.6 Å². The fraction of sp³-hybridized carbons (Fsp3) is 0.654. The zero-order valence-corrected chi connectivity index (χ0v) is 26.2. The molecule has 2 rings (SSSR count). The van der Waals surface area contributed by atoms with Gasteiger partial charge in [0.1, 0.15) is 13.2 Å². The van der Waals surface area contributed by atoms with Crippen molar-refractivity contribution in [3.8, 4) is 0 Å². The molecular formula is C26H38N6O15. The fourth-order valence-corrected chi connectivity index (χ4v) is 4.12. The lowest BCUT2D eigenvalue weighted by atomic mass is 10.4. The molecule has 0 radical (unpaired) electrons. The highest BCUT2D eigenvalue weighted by molar-refractivity contribution is 5.69. The fourth-order valence-electron chi connectivity index (χ4n) is 4.12. The number of carbonyl (C=O) groups is 3. The Morgan fingerprint density at radius 2 is 0.936 bits per heavy atom. The minimum Gasteiger partial charge on any atom is -0.469 e. The van der Waals surface area contributed by atoms with Gasteiger partial charge in [0, 0.05) is 26.7 Å². The van der Waals surface area contributed by atoms with Crippen LogP contribution in [0.2, 0.25) is 0 Å². The average Bonchev–Trinajstić information content (AvgIpc) is 3.03. The van der Waals surface area contributed by atoms with E-state index in [0.29, 0.717) is 22.8 Å². The van der Waals surface area contributed by atoms with Gasteiger partial charge in [-0.05, 0) is 6.92 Å². The molecule has 1 unspecified atom stereocenters. The van der Waals surface area contributed by atoms with Gasteiger partial charge >= 0.3 is 52.0 Å². The van der Waals surface area contributed by atoms with Gasteiger partial charge in [0.15, 0.2) is 0 Å². The highest BCUT2D eigenvalue weighted by Crippen LogP contribution is 1.94. The predicted molar refractivity (Wildman–Crippen MR) is 157 cm³/mol. The summed E-state index contributed by atoms with van der Waals surface area (Å²) in [5, 5.41) is 18.5. The third kappa shape index (κ3) is 10.3. The van der Waals surface area contributed by atoms with Crippen LogP contribution >= 0.6 is 0 Å². The van der Waals surface area contributed by atoms with Crippen LogP contribution in [0.4, 0.5) is 0 Å². The molecule has 0 saturated heterocycles. The molecule has 2 aromatic heterocycles. The molecule has 0 bridgehead atoms. The zero-order valence-electron chi connectivity index (χ0n) is 26.2. The van der Waals surface area contributed by atoms with E-state index < -0.39 is 123 Å². The van der Waals surface area contributed by atoms with Crippen molar-refractivity contribution < 1.29 is 43.5 Å². The smallest absolute Gasteiger partial charge is 0.336 e. The minimum atomic E-state index is -1.17. The van der Waals surface area contributed by atoms with Gasteiger partial charge in [-0.3, -0.25) is 14.4 Å². The Morgan fingerprint density at radius 3 is 1.32 bits per heavy atom. The molecule has 0 aromatic carbocycles. The SMILES string of the molecule is COCCn1c(=O)n(CCO)c(=O)n(CCOC(=O)CCn2c(=O)n(CCC(=O)OC)c(=O)n(CCC(=O)OCC(C)O)c2=O)c1=O. The summed E-state index contributed by atoms with van der Waals surface area (Å²) in [6.07, 6.45) is -2.46. The number of nitrogens with zero attached hydrogens (tertiary/aromatic N) is 6. The lowest BCUT2D eigenvalue weighted by Crippen LogP contribution is -2.55. The monoisotopic (exact) mass is 674 g/mol. The highest BCUT2D eigenvalue weighted by Gasteiger charge is 2.20. The Hall–Kier alpha value is -4.89. The van der Waals surface area contributed by atoms with E-state index in [-0.39, 0.29) is 19.8 Å². The number of ether oxygens (including phenoxy) is 4. The summed E-state index contributed by atoms with van der Waals surface area (Å²) < 4.78 is 22.9. The van der Waals surface area contributed by atoms with Gasteiger partial charge in [-0.15, -0.1) is 0 Å². The molecule has 0 aliphatic heterocycles. The van der Waals surface area contributed by atoms with Gasteiger partial charge < -0.3 is 29.2 Å². The molecule has 0 fully saturated rings. The summed E-state index contributed by atoms with van der Waals surface area (Å²) in [7, 11) is 2.43. The first-order chi connectivity index (χ1) is 22.3. The first kappa shape index (κ1) is 38.3. The van der Waals surface area contributed by atoms with E-state index in [2.05, 4.69) is 4.74 Å². The van der Waals surface area contributed by atoms with Crippen LogP contribution in [0.25, 0.3) is 0 Å². The molecule has 0 saturated carbocycles. The second-order valence-corrected chi connectivity index (χ2v) is 9.90. The van der Waals surface area contributed by atoms with Gasteiger partial charge in [0.25, 0.3) is 0 Å². The lowest BCUT2D eigenvalue weighted by molar-refractivity contribution is -0.146. The summed E-state index contributed by atoms with van der Waals surface area (Å²) in [5.41, 5.74) is -6.46. The summed E-state index contributed by atoms with van der Waals surface area (Å²) in [6, 6.07) is 0. The van der Waals surface area contributed by atoms with Crippen LogP contribution in [0.3, 0.4) is 0 Å². The van der Waals surface area contributed by atoms with Crippen molar-refractivity contribution in [1.82, 2.24) is 27.4 Å². The average molecular weight is 675 g/mol. The normalized spacial score (nSPS) is 11.7. The quantitative estimate of drug-likeness (QED) is 0.104. The second kappa shape index (κ2) is 18.3. The van der Waals surface area contributed by atoms with E-state index in [1.807, 2.05) is 0 Å². The molecule has 21 heteroatoms. The molecule has 21 nitrogen and oxygen atoms in total. The first-order valence-corrected chi connectivity index (χ1v) is 14.3. The van der Waals surface area contributed by atoms with Crippen LogP contribution in [0.5, 0.6) is 0 Å². The Balaban J connectivity index is 2.27. The summed E-state index contributed by atoms with van der Waals surface area (Å²) in [5.74, 6) is -2.59. The molecule has 47 heavy (non-hydrogen) atoms. The third-order valence-corrected chi connectivity index (χ3v) is 6.52. The largest absolute Gasteiger partial charge is 0.469 e. The number of hydrogen-bond donors (Lipinski definition) is 2. The van der Waals surface area contributed by atoms with Gasteiger partial charge in [-0.25, -0.2) is 56.2 Å². The van der Waals surface area contributed by atoms with Crippen molar-refractivity contribution in [3.05, 3.63) is 62.9 Å². The summed E-state index contributed by atoms with van der Waals surface area (Å²) >= 11 is 0. The van der Waals surface area contributed by atoms with Gasteiger partial charge in [-0.2, -0.15) is 0 Å². The second-order valence-electron chi connectivity index (χ2n) is 9.90. The topological polar surface area (TPSA) is 261 Å². The molecule has 0 amide bonds. The molecule has 2 N–H and O–H groups in total. The maximum Gasteiger partial charge on any atom is 0.336 e. The van der Waals surface area contributed by atoms with Crippen molar-refractivity contribution in [2.45, 2.75) is 71.6 Å². The van der Waals surface area contributed by atoms with Crippen LogP contribution in [-0.2, 0) is 72.6 Å². The maximum absolute atomic E-state index is 13.1. The van der Waals surface area contributed by atoms with Crippen LogP contribution in [0.15, 0.2) is 28.8 Å². The van der Waals surface area contributed by atoms with Gasteiger partial charge in [0.05, 0.1) is 65.3 Å². The zero-order chi connectivity index (χ0) is 35.3. The van der Waals surface area contributed by atoms with E-state index in [9.17, 15) is 53.4 Å². The number of methoxy groups -OCH3 is 2. The van der Waals surface area contributed by atoms with Gasteiger partial charge in [-0.1, -0.05) is 0 Å². The van der Waals surface area contributed by atoms with Gasteiger partial charge in [0.2, 0.25) is 0 Å². The van der Waals surface area contributed by atoms with Crippen LogP contribution in [0, 0.1) is 0 Å². The van der Waals surface area contributed by atoms with Crippen LogP contribution < -0.4 is 34.1 Å². The van der Waals surface area contributed by atoms with Crippen molar-refractivity contribution >= 4 is 17.9 Å². The number of aromatic nitrogens is 6. The van der Waals surface area contributed by atoms with E-state index >= 15 is 0 Å². The Bertz CT molecular complexity index is 1780. The molecule has 0 aliphatic rings. The van der Waals surface area contributed by atoms with Crippen molar-refractivity contribution in [2.24, 2.45) is 0 Å². The minimum absolute atomic E-state index is 0.0361. The molecule has 1 atom stereocenters. The Morgan fingerprint density at radius 1 is 0.574 bits per heavy atom. The Kier molecular flexibility index (Phi) is 14.9. The molecule has 0 aliphatic carbocycles. The summed E-state index contributed by atoms with van der Waals surface area (Å²) in [6.45, 7) is -2.82. The lowest BCUT2D eigenvalue weighted by Gasteiger charge is -2.14. The molecular weight excluding hydrogens is 636 g/mol. The molecule has 2 aromatic rings. The van der Waals surface area contributed by atoms with Crippen molar-refractivity contribution in [1.29, 1.82) is 0 Å². The highest BCUT2D eigenvalue weighted by atomic mass is 16.5. The Labute approximate surface area is 264 Å². The standard InChI is InChI=1S/C26H38N6O15/c1-17(34)16-47-20(37)6-9-29-22(39)27(7-4-18(35)45-3)21(38)28(23(29)40)8-5-19(36)46-15-12-32-25(42)30(10-13-33)24(41)31(26(32)43)11-14-44-2/h17,33-34H,4-16H2,1-3H3. The van der Waals surface area contributed by atoms with E-state index in [4.69, 9.17) is 14.2 Å². The van der Waals surface area contributed by atoms with E-state index in [1.54, 1.807) is 0 Å². The van der Waals surface area contributed by atoms with E-state index in [0.717, 1.165) is 11.7 Å².